The molecule has 0 saturated heterocycles. The van der Waals surface area contributed by atoms with Crippen molar-refractivity contribution in [2.45, 2.75) is 20.3 Å². The summed E-state index contributed by atoms with van der Waals surface area (Å²) in [7, 11) is 0. The molecular formula is C13H21N3. The lowest BCUT2D eigenvalue weighted by Crippen LogP contribution is -2.17. The lowest BCUT2D eigenvalue weighted by Gasteiger charge is -2.08. The van der Waals surface area contributed by atoms with Gasteiger partial charge in [0.1, 0.15) is 5.82 Å². The largest absolute Gasteiger partial charge is 0.383 e. The molecule has 3 heteroatoms. The van der Waals surface area contributed by atoms with Gasteiger partial charge in [0.25, 0.3) is 0 Å². The Morgan fingerprint density at radius 2 is 2.19 bits per heavy atom. The molecule has 0 radical (unpaired) electrons. The molecule has 0 atom stereocenters. The van der Waals surface area contributed by atoms with Gasteiger partial charge in [0.05, 0.1) is 0 Å². The van der Waals surface area contributed by atoms with Gasteiger partial charge in [0.15, 0.2) is 0 Å². The molecule has 0 fully saturated rings. The van der Waals surface area contributed by atoms with Crippen LogP contribution in [0.15, 0.2) is 53.0 Å². The van der Waals surface area contributed by atoms with Gasteiger partial charge in [-0.2, -0.15) is 0 Å². The standard InChI is InChI=1S/C13H21N3/c1-5-8-9-12(7-3)16-10-11(6-2)13(14)15-4/h6-9,16H,2,4-5,10,14H2,1,3H3/b9-8-,12-7+,13-11+. The SMILES string of the molecule is C=C/C(CNC(/C=C\CC)=C/C)=C(/N)N=C. The zero-order chi connectivity index (χ0) is 12.4. The molecule has 0 aliphatic heterocycles. The van der Waals surface area contributed by atoms with Crippen molar-refractivity contribution in [1.82, 2.24) is 5.32 Å². The molecule has 0 bridgehead atoms. The highest BCUT2D eigenvalue weighted by Crippen LogP contribution is 2.02. The van der Waals surface area contributed by atoms with Crippen LogP contribution in [0.3, 0.4) is 0 Å². The third-order valence-corrected chi connectivity index (χ3v) is 2.07. The molecule has 0 heterocycles. The molecule has 3 N–H and O–H groups in total. The molecule has 0 aromatic rings. The fourth-order valence-electron chi connectivity index (χ4n) is 1.07. The lowest BCUT2D eigenvalue weighted by atomic mass is 10.2. The zero-order valence-electron chi connectivity index (χ0n) is 10.2. The molecule has 0 spiro atoms. The first-order valence-electron chi connectivity index (χ1n) is 5.34. The Balaban J connectivity index is 4.47. The number of nitrogens with two attached hydrogens (primary N) is 1. The summed E-state index contributed by atoms with van der Waals surface area (Å²) >= 11 is 0. The van der Waals surface area contributed by atoms with Gasteiger partial charge in [-0.1, -0.05) is 31.7 Å². The normalized spacial score (nSPS) is 13.5. The minimum absolute atomic E-state index is 0.414. The van der Waals surface area contributed by atoms with Crippen LogP contribution in [0.5, 0.6) is 0 Å². The molecule has 0 rings (SSSR count). The quantitative estimate of drug-likeness (QED) is 0.510. The highest BCUT2D eigenvalue weighted by molar-refractivity contribution is 5.33. The van der Waals surface area contributed by atoms with Crippen molar-refractivity contribution in [1.29, 1.82) is 0 Å². The average molecular weight is 219 g/mol. The third kappa shape index (κ3) is 5.20. The second-order valence-electron chi connectivity index (χ2n) is 3.18. The first-order chi connectivity index (χ1) is 7.69. The van der Waals surface area contributed by atoms with E-state index in [0.717, 1.165) is 17.7 Å². The monoisotopic (exact) mass is 219 g/mol. The van der Waals surface area contributed by atoms with Gasteiger partial charge in [0.2, 0.25) is 0 Å². The number of nitrogens with one attached hydrogen (secondary N) is 1. The van der Waals surface area contributed by atoms with E-state index in [2.05, 4.69) is 36.6 Å². The molecular weight excluding hydrogens is 198 g/mol. The van der Waals surface area contributed by atoms with Crippen molar-refractivity contribution in [3.05, 3.63) is 48.0 Å². The van der Waals surface area contributed by atoms with Crippen molar-refractivity contribution < 1.29 is 0 Å². The van der Waals surface area contributed by atoms with Crippen LogP contribution in [0.1, 0.15) is 20.3 Å². The van der Waals surface area contributed by atoms with Crippen LogP contribution in [-0.4, -0.2) is 13.3 Å². The average Bonchev–Trinajstić information content (AvgIpc) is 2.33. The molecule has 0 unspecified atom stereocenters. The van der Waals surface area contributed by atoms with E-state index in [1.165, 1.54) is 0 Å². The van der Waals surface area contributed by atoms with Gasteiger partial charge in [-0.25, -0.2) is 4.99 Å². The second kappa shape index (κ2) is 8.53. The summed E-state index contributed by atoms with van der Waals surface area (Å²) in [5.74, 6) is 0.414. The molecule has 16 heavy (non-hydrogen) atoms. The number of hydrogen-bond acceptors (Lipinski definition) is 3. The Morgan fingerprint density at radius 3 is 2.62 bits per heavy atom. The summed E-state index contributed by atoms with van der Waals surface area (Å²) < 4.78 is 0. The van der Waals surface area contributed by atoms with Crippen LogP contribution in [0, 0.1) is 0 Å². The number of allylic oxidation sites excluding steroid dienone is 3. The summed E-state index contributed by atoms with van der Waals surface area (Å²) in [6.45, 7) is 11.8. The van der Waals surface area contributed by atoms with Gasteiger partial charge in [-0.3, -0.25) is 0 Å². The lowest BCUT2D eigenvalue weighted by molar-refractivity contribution is 0.892. The van der Waals surface area contributed by atoms with Gasteiger partial charge in [-0.05, 0) is 26.1 Å². The smallest absolute Gasteiger partial charge is 0.127 e. The number of nitrogens with zero attached hydrogens (tertiary/aromatic N) is 1. The summed E-state index contributed by atoms with van der Waals surface area (Å²) in [4.78, 5) is 3.68. The number of hydrogen-bond donors (Lipinski definition) is 2. The minimum atomic E-state index is 0.414. The topological polar surface area (TPSA) is 50.4 Å². The molecule has 0 aromatic carbocycles. The summed E-state index contributed by atoms with van der Waals surface area (Å²) in [6, 6.07) is 0. The Hall–Kier alpha value is -1.77. The van der Waals surface area contributed by atoms with Crippen LogP contribution < -0.4 is 11.1 Å². The van der Waals surface area contributed by atoms with Crippen molar-refractivity contribution in [3.63, 3.8) is 0 Å². The van der Waals surface area contributed by atoms with Gasteiger partial charge in [0, 0.05) is 17.8 Å². The summed E-state index contributed by atoms with van der Waals surface area (Å²) in [6.07, 6.45) is 8.84. The van der Waals surface area contributed by atoms with E-state index in [0.29, 0.717) is 12.4 Å². The van der Waals surface area contributed by atoms with Crippen molar-refractivity contribution in [3.8, 4) is 0 Å². The first kappa shape index (κ1) is 14.2. The van der Waals surface area contributed by atoms with Crippen LogP contribution in [0.2, 0.25) is 0 Å². The molecule has 0 aromatic heterocycles. The van der Waals surface area contributed by atoms with Crippen LogP contribution in [0.25, 0.3) is 0 Å². The second-order valence-corrected chi connectivity index (χ2v) is 3.18. The fraction of sp³-hybridized carbons (Fsp3) is 0.308. The van der Waals surface area contributed by atoms with E-state index in [9.17, 15) is 0 Å². The molecule has 0 aliphatic carbocycles. The maximum absolute atomic E-state index is 5.66. The minimum Gasteiger partial charge on any atom is -0.383 e. The van der Waals surface area contributed by atoms with Gasteiger partial charge < -0.3 is 11.1 Å². The predicted molar refractivity (Wildman–Crippen MR) is 72.2 cm³/mol. The zero-order valence-corrected chi connectivity index (χ0v) is 10.2. The van der Waals surface area contributed by atoms with E-state index in [1.807, 2.05) is 19.1 Å². The Labute approximate surface area is 98.1 Å². The predicted octanol–water partition coefficient (Wildman–Crippen LogP) is 2.50. The van der Waals surface area contributed by atoms with Crippen molar-refractivity contribution in [2.75, 3.05) is 6.54 Å². The number of aliphatic imine (C=N–C) groups is 1. The Kier molecular flexibility index (Phi) is 7.59. The fourth-order valence-corrected chi connectivity index (χ4v) is 1.07. The maximum Gasteiger partial charge on any atom is 0.127 e. The molecule has 0 amide bonds. The molecule has 88 valence electrons. The maximum atomic E-state index is 5.66. The summed E-state index contributed by atoms with van der Waals surface area (Å²) in [5.41, 5.74) is 7.56. The Morgan fingerprint density at radius 1 is 1.50 bits per heavy atom. The summed E-state index contributed by atoms with van der Waals surface area (Å²) in [5, 5.41) is 3.25. The molecule has 0 aliphatic rings. The van der Waals surface area contributed by atoms with E-state index < -0.39 is 0 Å². The molecule has 0 saturated carbocycles. The third-order valence-electron chi connectivity index (χ3n) is 2.07. The molecule has 3 nitrogen and oxygen atoms in total. The van der Waals surface area contributed by atoms with Gasteiger partial charge >= 0.3 is 0 Å². The van der Waals surface area contributed by atoms with Gasteiger partial charge in [-0.15, -0.1) is 0 Å². The van der Waals surface area contributed by atoms with Crippen molar-refractivity contribution in [2.24, 2.45) is 10.7 Å². The van der Waals surface area contributed by atoms with Crippen LogP contribution in [0.4, 0.5) is 0 Å². The van der Waals surface area contributed by atoms with E-state index in [1.54, 1.807) is 6.08 Å². The Bertz CT molecular complexity index is 322. The highest BCUT2D eigenvalue weighted by Gasteiger charge is 1.98. The van der Waals surface area contributed by atoms with Crippen molar-refractivity contribution >= 4 is 6.72 Å². The van der Waals surface area contributed by atoms with E-state index in [4.69, 9.17) is 5.73 Å². The first-order valence-corrected chi connectivity index (χ1v) is 5.34. The van der Waals surface area contributed by atoms with E-state index >= 15 is 0 Å². The number of rotatable bonds is 7. The van der Waals surface area contributed by atoms with Crippen LogP contribution in [-0.2, 0) is 0 Å². The highest BCUT2D eigenvalue weighted by atomic mass is 14.9. The van der Waals surface area contributed by atoms with E-state index in [-0.39, 0.29) is 0 Å². The van der Waals surface area contributed by atoms with Crippen LogP contribution >= 0.6 is 0 Å².